The van der Waals surface area contributed by atoms with E-state index in [1.54, 1.807) is 7.11 Å². The molecule has 0 amide bonds. The minimum absolute atomic E-state index is 0.131. The van der Waals surface area contributed by atoms with Crippen LogP contribution in [0.1, 0.15) is 45.1 Å². The van der Waals surface area contributed by atoms with E-state index in [1.807, 2.05) is 38.1 Å². The molecule has 2 rings (SSSR count). The first-order chi connectivity index (χ1) is 9.91. The minimum atomic E-state index is -0.849. The summed E-state index contributed by atoms with van der Waals surface area (Å²) >= 11 is 0. The maximum atomic E-state index is 11.0. The van der Waals surface area contributed by atoms with Gasteiger partial charge in [-0.15, -0.1) is 0 Å². The van der Waals surface area contributed by atoms with E-state index in [4.69, 9.17) is 10.5 Å². The molecule has 21 heavy (non-hydrogen) atoms. The molecule has 1 aliphatic rings. The van der Waals surface area contributed by atoms with Crippen LogP contribution in [-0.2, 0) is 6.54 Å². The van der Waals surface area contributed by atoms with Gasteiger partial charge in [0.2, 0.25) is 0 Å². The van der Waals surface area contributed by atoms with Crippen LogP contribution in [0.5, 0.6) is 5.75 Å². The summed E-state index contributed by atoms with van der Waals surface area (Å²) in [5.41, 5.74) is 6.12. The Morgan fingerprint density at radius 2 is 1.86 bits per heavy atom. The van der Waals surface area contributed by atoms with Crippen molar-refractivity contribution in [3.8, 4) is 5.75 Å². The molecule has 0 aliphatic heterocycles. The molecule has 4 N–H and O–H groups in total. The molecule has 0 saturated heterocycles. The highest BCUT2D eigenvalue weighted by Gasteiger charge is 2.50. The van der Waals surface area contributed by atoms with Gasteiger partial charge in [-0.05, 0) is 36.5 Å². The van der Waals surface area contributed by atoms with E-state index in [2.05, 4.69) is 5.32 Å². The number of aliphatic hydroxyl groups is 1. The predicted octanol–water partition coefficient (Wildman–Crippen LogP) is 2.40. The fourth-order valence-corrected chi connectivity index (χ4v) is 3.29. The van der Waals surface area contributed by atoms with Gasteiger partial charge in [0.15, 0.2) is 0 Å². The number of rotatable bonds is 5. The van der Waals surface area contributed by atoms with Crippen LogP contribution in [0.3, 0.4) is 0 Å². The predicted molar refractivity (Wildman–Crippen MR) is 85.0 cm³/mol. The molecule has 1 aromatic carbocycles. The second kappa shape index (κ2) is 6.34. The first-order valence-corrected chi connectivity index (χ1v) is 7.80. The number of benzene rings is 1. The number of hydrogen-bond acceptors (Lipinski definition) is 4. The van der Waals surface area contributed by atoms with Crippen molar-refractivity contribution in [2.45, 2.75) is 57.3 Å². The van der Waals surface area contributed by atoms with E-state index in [9.17, 15) is 5.11 Å². The van der Waals surface area contributed by atoms with E-state index < -0.39 is 11.3 Å². The number of methoxy groups -OCH3 is 1. The SMILES string of the molecule is COc1ccc(CNC2(N)CCCCC2(O)C(C)C)cc1. The van der Waals surface area contributed by atoms with Gasteiger partial charge in [0.1, 0.15) is 5.75 Å². The van der Waals surface area contributed by atoms with Crippen molar-refractivity contribution in [3.05, 3.63) is 29.8 Å². The molecule has 0 aromatic heterocycles. The average Bonchev–Trinajstić information content (AvgIpc) is 2.49. The molecule has 118 valence electrons. The number of ether oxygens (including phenoxy) is 1. The van der Waals surface area contributed by atoms with Crippen LogP contribution >= 0.6 is 0 Å². The molecular weight excluding hydrogens is 264 g/mol. The molecule has 2 atom stereocenters. The summed E-state index contributed by atoms with van der Waals surface area (Å²) in [6.07, 6.45) is 3.66. The quantitative estimate of drug-likeness (QED) is 0.729. The first-order valence-electron chi connectivity index (χ1n) is 7.80. The third kappa shape index (κ3) is 3.23. The highest BCUT2D eigenvalue weighted by molar-refractivity contribution is 5.27. The Bertz CT molecular complexity index is 460. The lowest BCUT2D eigenvalue weighted by atomic mass is 9.69. The van der Waals surface area contributed by atoms with Crippen LogP contribution < -0.4 is 15.8 Å². The Morgan fingerprint density at radius 1 is 1.24 bits per heavy atom. The smallest absolute Gasteiger partial charge is 0.118 e. The van der Waals surface area contributed by atoms with Gasteiger partial charge in [-0.3, -0.25) is 5.32 Å². The van der Waals surface area contributed by atoms with Crippen LogP contribution in [0.25, 0.3) is 0 Å². The molecule has 0 heterocycles. The maximum absolute atomic E-state index is 11.0. The van der Waals surface area contributed by atoms with Crippen LogP contribution in [0.4, 0.5) is 0 Å². The van der Waals surface area contributed by atoms with Crippen molar-refractivity contribution >= 4 is 0 Å². The molecule has 1 aliphatic carbocycles. The molecular formula is C17H28N2O2. The molecule has 1 aromatic rings. The van der Waals surface area contributed by atoms with E-state index >= 15 is 0 Å². The highest BCUT2D eigenvalue weighted by atomic mass is 16.5. The second-order valence-electron chi connectivity index (χ2n) is 6.46. The summed E-state index contributed by atoms with van der Waals surface area (Å²) in [6, 6.07) is 7.92. The Balaban J connectivity index is 2.08. The normalized spacial score (nSPS) is 29.6. The van der Waals surface area contributed by atoms with Crippen molar-refractivity contribution in [3.63, 3.8) is 0 Å². The number of hydrogen-bond donors (Lipinski definition) is 3. The Labute approximate surface area is 127 Å². The Kier molecular flexibility index (Phi) is 4.91. The zero-order valence-electron chi connectivity index (χ0n) is 13.4. The summed E-state index contributed by atoms with van der Waals surface area (Å²) in [4.78, 5) is 0. The van der Waals surface area contributed by atoms with Gasteiger partial charge in [0, 0.05) is 6.54 Å². The fourth-order valence-electron chi connectivity index (χ4n) is 3.29. The van der Waals surface area contributed by atoms with Crippen molar-refractivity contribution in [1.29, 1.82) is 0 Å². The Morgan fingerprint density at radius 3 is 2.43 bits per heavy atom. The third-order valence-electron chi connectivity index (χ3n) is 4.87. The third-order valence-corrected chi connectivity index (χ3v) is 4.87. The lowest BCUT2D eigenvalue weighted by molar-refractivity contribution is -0.113. The largest absolute Gasteiger partial charge is 0.497 e. The summed E-state index contributed by atoms with van der Waals surface area (Å²) in [7, 11) is 1.66. The maximum Gasteiger partial charge on any atom is 0.118 e. The summed E-state index contributed by atoms with van der Waals surface area (Å²) < 4.78 is 5.16. The molecule has 4 heteroatoms. The zero-order valence-corrected chi connectivity index (χ0v) is 13.4. The van der Waals surface area contributed by atoms with E-state index in [0.29, 0.717) is 6.54 Å². The number of nitrogens with one attached hydrogen (secondary N) is 1. The van der Waals surface area contributed by atoms with Gasteiger partial charge >= 0.3 is 0 Å². The van der Waals surface area contributed by atoms with E-state index in [-0.39, 0.29) is 5.92 Å². The lowest BCUT2D eigenvalue weighted by Crippen LogP contribution is -2.72. The molecule has 0 bridgehead atoms. The molecule has 0 radical (unpaired) electrons. The van der Waals surface area contributed by atoms with Crippen LogP contribution in [0.15, 0.2) is 24.3 Å². The fraction of sp³-hybridized carbons (Fsp3) is 0.647. The van der Waals surface area contributed by atoms with Crippen molar-refractivity contribution in [2.75, 3.05) is 7.11 Å². The monoisotopic (exact) mass is 292 g/mol. The van der Waals surface area contributed by atoms with Crippen molar-refractivity contribution in [2.24, 2.45) is 11.7 Å². The van der Waals surface area contributed by atoms with Crippen LogP contribution in [-0.4, -0.2) is 23.5 Å². The summed E-state index contributed by atoms with van der Waals surface area (Å²) in [5.74, 6) is 0.976. The van der Waals surface area contributed by atoms with Gasteiger partial charge in [-0.2, -0.15) is 0 Å². The molecule has 2 unspecified atom stereocenters. The van der Waals surface area contributed by atoms with Crippen LogP contribution in [0.2, 0.25) is 0 Å². The molecule has 0 spiro atoms. The number of nitrogens with two attached hydrogens (primary N) is 1. The topological polar surface area (TPSA) is 67.5 Å². The molecule has 4 nitrogen and oxygen atoms in total. The highest BCUT2D eigenvalue weighted by Crippen LogP contribution is 2.39. The van der Waals surface area contributed by atoms with Gasteiger partial charge in [0.25, 0.3) is 0 Å². The van der Waals surface area contributed by atoms with E-state index in [1.165, 1.54) is 0 Å². The average molecular weight is 292 g/mol. The summed E-state index contributed by atoms with van der Waals surface area (Å²) in [5, 5.41) is 14.4. The molecule has 1 fully saturated rings. The standard InChI is InChI=1S/C17H28N2O2/c1-13(2)16(20)10-4-5-11-17(16,18)19-12-14-6-8-15(21-3)9-7-14/h6-9,13,19-20H,4-5,10-12,18H2,1-3H3. The lowest BCUT2D eigenvalue weighted by Gasteiger charge is -2.51. The zero-order chi connectivity index (χ0) is 15.5. The van der Waals surface area contributed by atoms with Crippen molar-refractivity contribution < 1.29 is 9.84 Å². The second-order valence-corrected chi connectivity index (χ2v) is 6.46. The van der Waals surface area contributed by atoms with Gasteiger partial charge in [0.05, 0.1) is 18.4 Å². The van der Waals surface area contributed by atoms with Crippen molar-refractivity contribution in [1.82, 2.24) is 5.32 Å². The molecule has 1 saturated carbocycles. The Hall–Kier alpha value is -1.10. The van der Waals surface area contributed by atoms with Gasteiger partial charge in [-0.25, -0.2) is 0 Å². The van der Waals surface area contributed by atoms with E-state index in [0.717, 1.165) is 37.0 Å². The first kappa shape index (κ1) is 16.3. The van der Waals surface area contributed by atoms with Gasteiger partial charge < -0.3 is 15.6 Å². The minimum Gasteiger partial charge on any atom is -0.497 e. The van der Waals surface area contributed by atoms with Crippen LogP contribution in [0, 0.1) is 5.92 Å². The van der Waals surface area contributed by atoms with Gasteiger partial charge in [-0.1, -0.05) is 38.8 Å². The summed E-state index contributed by atoms with van der Waals surface area (Å²) in [6.45, 7) is 4.74.